The summed E-state index contributed by atoms with van der Waals surface area (Å²) in [5, 5.41) is 7.17. The number of fused-ring (bicyclic) bond motifs is 5. The molecule has 0 amide bonds. The highest BCUT2D eigenvalue weighted by Gasteiger charge is 2.14. The van der Waals surface area contributed by atoms with Gasteiger partial charge in [0.2, 0.25) is 0 Å². The largest absolute Gasteiger partial charge is 0.294 e. The van der Waals surface area contributed by atoms with Crippen LogP contribution in [0, 0.1) is 0 Å². The number of thiophene rings is 1. The predicted molar refractivity (Wildman–Crippen MR) is 111 cm³/mol. The normalized spacial score (nSPS) is 11.8. The van der Waals surface area contributed by atoms with Gasteiger partial charge in [-0.1, -0.05) is 36.4 Å². The Balaban J connectivity index is 1.79. The Bertz CT molecular complexity index is 1440. The smallest absolute Gasteiger partial charge is 0.138 e. The molecule has 3 aromatic carbocycles. The first-order valence-corrected chi connectivity index (χ1v) is 9.53. The van der Waals surface area contributed by atoms with Gasteiger partial charge < -0.3 is 0 Å². The minimum absolute atomic E-state index is 0.964. The molecule has 0 aliphatic carbocycles. The number of rotatable bonds is 1. The van der Waals surface area contributed by atoms with Crippen LogP contribution in [0.2, 0.25) is 0 Å². The van der Waals surface area contributed by atoms with Crippen molar-refractivity contribution in [3.05, 3.63) is 84.2 Å². The molecule has 122 valence electrons. The van der Waals surface area contributed by atoms with Crippen LogP contribution in [0.5, 0.6) is 0 Å². The fraction of sp³-hybridized carbons (Fsp3) is 0. The average Bonchev–Trinajstić information content (AvgIpc) is 3.27. The van der Waals surface area contributed by atoms with E-state index in [4.69, 9.17) is 4.98 Å². The van der Waals surface area contributed by atoms with Gasteiger partial charge in [0.15, 0.2) is 0 Å². The molecule has 0 aliphatic rings. The van der Waals surface area contributed by atoms with E-state index >= 15 is 0 Å². The van der Waals surface area contributed by atoms with Crippen LogP contribution >= 0.6 is 11.3 Å². The minimum Gasteiger partial charge on any atom is -0.294 e. The number of benzene rings is 3. The maximum absolute atomic E-state index is 4.95. The van der Waals surface area contributed by atoms with E-state index in [1.165, 1.54) is 31.9 Å². The molecule has 26 heavy (non-hydrogen) atoms. The summed E-state index contributed by atoms with van der Waals surface area (Å²) in [6.45, 7) is 0. The average molecular weight is 350 g/mol. The Hall–Kier alpha value is -3.17. The lowest BCUT2D eigenvalue weighted by atomic mass is 10.1. The van der Waals surface area contributed by atoms with Gasteiger partial charge in [0.05, 0.1) is 16.6 Å². The van der Waals surface area contributed by atoms with Gasteiger partial charge in [-0.25, -0.2) is 4.98 Å². The number of para-hydroxylation sites is 2. The predicted octanol–water partition coefficient (Wildman–Crippen LogP) is 6.55. The van der Waals surface area contributed by atoms with Crippen LogP contribution in [0.3, 0.4) is 0 Å². The molecule has 0 N–H and O–H groups in total. The second-order valence-corrected chi connectivity index (χ2v) is 7.49. The Morgan fingerprint density at radius 2 is 1.58 bits per heavy atom. The first-order chi connectivity index (χ1) is 12.9. The molecule has 0 saturated carbocycles. The van der Waals surface area contributed by atoms with Crippen LogP contribution in [0.15, 0.2) is 84.2 Å². The van der Waals surface area contributed by atoms with E-state index < -0.39 is 0 Å². The van der Waals surface area contributed by atoms with E-state index in [1.807, 2.05) is 6.07 Å². The topological polar surface area (TPSA) is 17.8 Å². The Morgan fingerprint density at radius 1 is 0.692 bits per heavy atom. The zero-order chi connectivity index (χ0) is 17.1. The monoisotopic (exact) mass is 350 g/mol. The van der Waals surface area contributed by atoms with Crippen molar-refractivity contribution in [3.8, 4) is 5.82 Å². The highest BCUT2D eigenvalue weighted by atomic mass is 32.1. The lowest BCUT2D eigenvalue weighted by Crippen LogP contribution is -1.97. The number of nitrogens with zero attached hydrogens (tertiary/aromatic N) is 2. The van der Waals surface area contributed by atoms with Crippen LogP contribution < -0.4 is 0 Å². The number of hydrogen-bond donors (Lipinski definition) is 0. The van der Waals surface area contributed by atoms with Crippen molar-refractivity contribution in [2.75, 3.05) is 0 Å². The van der Waals surface area contributed by atoms with Crippen molar-refractivity contribution in [3.63, 3.8) is 0 Å². The van der Waals surface area contributed by atoms with Crippen LogP contribution in [0.1, 0.15) is 0 Å². The van der Waals surface area contributed by atoms with Crippen molar-refractivity contribution in [1.82, 2.24) is 9.55 Å². The molecule has 0 aliphatic heterocycles. The Morgan fingerprint density at radius 3 is 2.58 bits per heavy atom. The number of pyridine rings is 1. The zero-order valence-corrected chi connectivity index (χ0v) is 14.7. The third-order valence-electron chi connectivity index (χ3n) is 5.06. The second kappa shape index (κ2) is 5.16. The molecule has 0 spiro atoms. The molecule has 0 radical (unpaired) electrons. The number of aromatic nitrogens is 2. The van der Waals surface area contributed by atoms with Crippen LogP contribution in [0.25, 0.3) is 48.6 Å². The molecule has 0 bridgehead atoms. The summed E-state index contributed by atoms with van der Waals surface area (Å²) in [7, 11) is 0. The van der Waals surface area contributed by atoms with Crippen molar-refractivity contribution >= 4 is 54.1 Å². The van der Waals surface area contributed by atoms with E-state index in [2.05, 4.69) is 82.7 Å². The maximum Gasteiger partial charge on any atom is 0.138 e. The van der Waals surface area contributed by atoms with Crippen LogP contribution in [-0.4, -0.2) is 9.55 Å². The summed E-state index contributed by atoms with van der Waals surface area (Å²) >= 11 is 1.78. The summed E-state index contributed by atoms with van der Waals surface area (Å²) in [6, 6.07) is 27.9. The standard InChI is InChI=1S/C23H14N2S/c1-3-7-19-15(5-1)9-10-23(24-19)25-20-8-4-2-6-17(20)18-13-16-11-12-26-22(16)14-21(18)25/h1-14H. The van der Waals surface area contributed by atoms with Crippen molar-refractivity contribution in [2.45, 2.75) is 0 Å². The van der Waals surface area contributed by atoms with E-state index in [0.717, 1.165) is 16.7 Å². The second-order valence-electron chi connectivity index (χ2n) is 6.54. The lowest BCUT2D eigenvalue weighted by molar-refractivity contribution is 1.10. The van der Waals surface area contributed by atoms with Gasteiger partial charge >= 0.3 is 0 Å². The third-order valence-corrected chi connectivity index (χ3v) is 5.94. The lowest BCUT2D eigenvalue weighted by Gasteiger charge is -2.08. The Kier molecular flexibility index (Phi) is 2.79. The first kappa shape index (κ1) is 14.0. The molecule has 0 fully saturated rings. The minimum atomic E-state index is 0.964. The van der Waals surface area contributed by atoms with Gasteiger partial charge in [-0.2, -0.15) is 0 Å². The van der Waals surface area contributed by atoms with Gasteiger partial charge in [-0.05, 0) is 53.2 Å². The zero-order valence-electron chi connectivity index (χ0n) is 13.9. The molecule has 0 saturated heterocycles. The molecule has 2 nitrogen and oxygen atoms in total. The van der Waals surface area contributed by atoms with Gasteiger partial charge in [0, 0.05) is 20.9 Å². The van der Waals surface area contributed by atoms with Crippen molar-refractivity contribution < 1.29 is 0 Å². The van der Waals surface area contributed by atoms with Crippen molar-refractivity contribution in [1.29, 1.82) is 0 Å². The summed E-state index contributed by atoms with van der Waals surface area (Å²) < 4.78 is 3.60. The van der Waals surface area contributed by atoms with E-state index in [9.17, 15) is 0 Å². The van der Waals surface area contributed by atoms with Crippen LogP contribution in [-0.2, 0) is 0 Å². The van der Waals surface area contributed by atoms with E-state index in [0.29, 0.717) is 0 Å². The molecule has 6 rings (SSSR count). The molecular formula is C23H14N2S. The van der Waals surface area contributed by atoms with E-state index in [-0.39, 0.29) is 0 Å². The van der Waals surface area contributed by atoms with E-state index in [1.54, 1.807) is 11.3 Å². The van der Waals surface area contributed by atoms with Gasteiger partial charge in [0.1, 0.15) is 5.82 Å². The molecule has 3 heteroatoms. The maximum atomic E-state index is 4.95. The summed E-state index contributed by atoms with van der Waals surface area (Å²) in [5.41, 5.74) is 3.43. The molecule has 6 aromatic rings. The molecule has 3 heterocycles. The van der Waals surface area contributed by atoms with Crippen LogP contribution in [0.4, 0.5) is 0 Å². The highest BCUT2D eigenvalue weighted by molar-refractivity contribution is 7.17. The molecular weight excluding hydrogens is 336 g/mol. The fourth-order valence-corrected chi connectivity index (χ4v) is 4.66. The first-order valence-electron chi connectivity index (χ1n) is 8.65. The van der Waals surface area contributed by atoms with Gasteiger partial charge in [-0.3, -0.25) is 4.57 Å². The fourth-order valence-electron chi connectivity index (χ4n) is 3.85. The van der Waals surface area contributed by atoms with Gasteiger partial charge in [-0.15, -0.1) is 11.3 Å². The quantitative estimate of drug-likeness (QED) is 0.329. The highest BCUT2D eigenvalue weighted by Crippen LogP contribution is 2.35. The number of hydrogen-bond acceptors (Lipinski definition) is 2. The van der Waals surface area contributed by atoms with Gasteiger partial charge in [0.25, 0.3) is 0 Å². The SMILES string of the molecule is c1ccc2nc(-n3c4ccccc4c4cc5ccsc5cc43)ccc2c1. The molecule has 0 atom stereocenters. The molecule has 3 aromatic heterocycles. The third kappa shape index (κ3) is 1.89. The summed E-state index contributed by atoms with van der Waals surface area (Å²) in [4.78, 5) is 4.95. The summed E-state index contributed by atoms with van der Waals surface area (Å²) in [5.74, 6) is 0.964. The van der Waals surface area contributed by atoms with Crippen molar-refractivity contribution in [2.24, 2.45) is 0 Å². The molecule has 0 unspecified atom stereocenters. The Labute approximate surface area is 153 Å². The summed E-state index contributed by atoms with van der Waals surface area (Å²) in [6.07, 6.45) is 0.